The highest BCUT2D eigenvalue weighted by Gasteiger charge is 2.24. The van der Waals surface area contributed by atoms with Gasteiger partial charge in [0.2, 0.25) is 11.8 Å². The Morgan fingerprint density at radius 1 is 1.50 bits per heavy atom. The van der Waals surface area contributed by atoms with Crippen molar-refractivity contribution in [2.24, 2.45) is 11.7 Å². The number of nitrogens with two attached hydrogens (primary N) is 1. The van der Waals surface area contributed by atoms with Gasteiger partial charge in [-0.3, -0.25) is 9.59 Å². The van der Waals surface area contributed by atoms with Crippen LogP contribution >= 0.6 is 12.2 Å². The van der Waals surface area contributed by atoms with Crippen molar-refractivity contribution in [1.82, 2.24) is 10.6 Å². The Morgan fingerprint density at radius 2 is 2.12 bits per heavy atom. The molecule has 6 heteroatoms. The van der Waals surface area contributed by atoms with E-state index in [1.807, 2.05) is 6.92 Å². The third-order valence-corrected chi connectivity index (χ3v) is 2.72. The summed E-state index contributed by atoms with van der Waals surface area (Å²) in [6.45, 7) is 1.82. The third-order valence-electron chi connectivity index (χ3n) is 2.43. The minimum Gasteiger partial charge on any atom is -0.393 e. The summed E-state index contributed by atoms with van der Waals surface area (Å²) >= 11 is 4.77. The molecule has 1 aliphatic carbocycles. The first kappa shape index (κ1) is 12.9. The van der Waals surface area contributed by atoms with E-state index < -0.39 is 5.92 Å². The van der Waals surface area contributed by atoms with Crippen LogP contribution in [0.15, 0.2) is 0 Å². The van der Waals surface area contributed by atoms with Crippen LogP contribution in [0.1, 0.15) is 26.2 Å². The number of rotatable bonds is 6. The van der Waals surface area contributed by atoms with Gasteiger partial charge in [0.1, 0.15) is 0 Å². The molecule has 0 spiro atoms. The lowest BCUT2D eigenvalue weighted by Gasteiger charge is -2.13. The molecule has 0 bridgehead atoms. The molecule has 2 amide bonds. The second-order valence-electron chi connectivity index (χ2n) is 3.92. The molecule has 0 aromatic heterocycles. The minimum absolute atomic E-state index is 0.00551. The molecule has 5 nitrogen and oxygen atoms in total. The Morgan fingerprint density at radius 3 is 2.56 bits per heavy atom. The molecule has 0 aliphatic heterocycles. The van der Waals surface area contributed by atoms with E-state index in [-0.39, 0.29) is 23.3 Å². The molecule has 1 saturated carbocycles. The Balaban J connectivity index is 2.26. The largest absolute Gasteiger partial charge is 0.393 e. The van der Waals surface area contributed by atoms with Gasteiger partial charge in [0, 0.05) is 6.04 Å². The van der Waals surface area contributed by atoms with Gasteiger partial charge >= 0.3 is 0 Å². The third kappa shape index (κ3) is 4.14. The lowest BCUT2D eigenvalue weighted by atomic mass is 10.1. The van der Waals surface area contributed by atoms with Crippen LogP contribution in [0.25, 0.3) is 0 Å². The quantitative estimate of drug-likeness (QED) is 0.559. The SMILES string of the molecule is CCC(C(=O)NCC(=O)NC1CC1)C(N)=S. The molecule has 1 fully saturated rings. The topological polar surface area (TPSA) is 84.2 Å². The zero-order valence-electron chi connectivity index (χ0n) is 9.29. The van der Waals surface area contributed by atoms with E-state index >= 15 is 0 Å². The van der Waals surface area contributed by atoms with Gasteiger partial charge in [-0.25, -0.2) is 0 Å². The maximum atomic E-state index is 11.6. The van der Waals surface area contributed by atoms with E-state index in [4.69, 9.17) is 18.0 Å². The zero-order valence-corrected chi connectivity index (χ0v) is 10.1. The molecule has 0 saturated heterocycles. The molecule has 1 rings (SSSR count). The van der Waals surface area contributed by atoms with Crippen LogP contribution in [0.4, 0.5) is 0 Å². The molecule has 1 aliphatic rings. The average molecular weight is 243 g/mol. The molecule has 1 atom stereocenters. The summed E-state index contributed by atoms with van der Waals surface area (Å²) in [6.07, 6.45) is 2.61. The lowest BCUT2D eigenvalue weighted by Crippen LogP contribution is -2.43. The maximum Gasteiger partial charge on any atom is 0.239 e. The molecule has 16 heavy (non-hydrogen) atoms. The van der Waals surface area contributed by atoms with Crippen LogP contribution in [0.5, 0.6) is 0 Å². The maximum absolute atomic E-state index is 11.6. The van der Waals surface area contributed by atoms with Gasteiger partial charge in [0.25, 0.3) is 0 Å². The van der Waals surface area contributed by atoms with Gasteiger partial charge in [-0.05, 0) is 19.3 Å². The summed E-state index contributed by atoms with van der Waals surface area (Å²) in [5, 5.41) is 5.31. The molecule has 1 unspecified atom stereocenters. The first-order valence-electron chi connectivity index (χ1n) is 5.41. The van der Waals surface area contributed by atoms with E-state index in [0.717, 1.165) is 12.8 Å². The average Bonchev–Trinajstić information content (AvgIpc) is 2.99. The van der Waals surface area contributed by atoms with E-state index in [1.54, 1.807) is 0 Å². The van der Waals surface area contributed by atoms with Gasteiger partial charge in [0.05, 0.1) is 17.5 Å². The predicted molar refractivity (Wildman–Crippen MR) is 64.7 cm³/mol. The Bertz CT molecular complexity index is 302. The molecule has 0 heterocycles. The highest BCUT2D eigenvalue weighted by atomic mass is 32.1. The second kappa shape index (κ2) is 5.79. The fraction of sp³-hybridized carbons (Fsp3) is 0.700. The van der Waals surface area contributed by atoms with Gasteiger partial charge in [-0.1, -0.05) is 19.1 Å². The van der Waals surface area contributed by atoms with Crippen molar-refractivity contribution in [3.8, 4) is 0 Å². The Labute approximate surface area is 100 Å². The van der Waals surface area contributed by atoms with Gasteiger partial charge in [0.15, 0.2) is 0 Å². The van der Waals surface area contributed by atoms with Crippen LogP contribution in [-0.2, 0) is 9.59 Å². The van der Waals surface area contributed by atoms with Crippen molar-refractivity contribution in [3.63, 3.8) is 0 Å². The van der Waals surface area contributed by atoms with Crippen LogP contribution in [0.2, 0.25) is 0 Å². The van der Waals surface area contributed by atoms with Crippen molar-refractivity contribution >= 4 is 29.0 Å². The van der Waals surface area contributed by atoms with Crippen LogP contribution in [-0.4, -0.2) is 29.4 Å². The number of nitrogens with one attached hydrogen (secondary N) is 2. The van der Waals surface area contributed by atoms with Gasteiger partial charge < -0.3 is 16.4 Å². The van der Waals surface area contributed by atoms with Gasteiger partial charge in [-0.2, -0.15) is 0 Å². The van der Waals surface area contributed by atoms with E-state index in [0.29, 0.717) is 12.5 Å². The fourth-order valence-corrected chi connectivity index (χ4v) is 1.59. The van der Waals surface area contributed by atoms with Crippen molar-refractivity contribution in [3.05, 3.63) is 0 Å². The summed E-state index contributed by atoms with van der Waals surface area (Å²) in [4.78, 5) is 23.0. The van der Waals surface area contributed by atoms with Crippen LogP contribution in [0.3, 0.4) is 0 Å². The molecular weight excluding hydrogens is 226 g/mol. The zero-order chi connectivity index (χ0) is 12.1. The molecule has 4 N–H and O–H groups in total. The fourth-order valence-electron chi connectivity index (χ4n) is 1.31. The summed E-state index contributed by atoms with van der Waals surface area (Å²) in [5.74, 6) is -0.918. The van der Waals surface area contributed by atoms with E-state index in [1.165, 1.54) is 0 Å². The summed E-state index contributed by atoms with van der Waals surface area (Å²) in [7, 11) is 0. The number of thiocarbonyl (C=S) groups is 1. The smallest absolute Gasteiger partial charge is 0.239 e. The molecular formula is C10H17N3O2S. The number of carbonyl (C=O) groups is 2. The summed E-state index contributed by atoms with van der Waals surface area (Å²) in [6, 6.07) is 0.307. The first-order chi connectivity index (χ1) is 7.54. The summed E-state index contributed by atoms with van der Waals surface area (Å²) in [5.41, 5.74) is 5.42. The normalized spacial score (nSPS) is 16.3. The van der Waals surface area contributed by atoms with Crippen molar-refractivity contribution in [1.29, 1.82) is 0 Å². The first-order valence-corrected chi connectivity index (χ1v) is 5.81. The number of hydrogen-bond donors (Lipinski definition) is 3. The highest BCUT2D eigenvalue weighted by molar-refractivity contribution is 7.80. The Hall–Kier alpha value is -1.17. The van der Waals surface area contributed by atoms with Crippen LogP contribution < -0.4 is 16.4 Å². The number of amides is 2. The molecule has 0 aromatic rings. The lowest BCUT2D eigenvalue weighted by molar-refractivity contribution is -0.127. The highest BCUT2D eigenvalue weighted by Crippen LogP contribution is 2.18. The van der Waals surface area contributed by atoms with Crippen molar-refractivity contribution in [2.75, 3.05) is 6.54 Å². The minimum atomic E-state index is -0.483. The molecule has 0 aromatic carbocycles. The van der Waals surface area contributed by atoms with Crippen molar-refractivity contribution < 1.29 is 9.59 Å². The number of carbonyl (C=O) groups excluding carboxylic acids is 2. The van der Waals surface area contributed by atoms with Crippen LogP contribution in [0, 0.1) is 5.92 Å². The molecule has 90 valence electrons. The number of hydrogen-bond acceptors (Lipinski definition) is 3. The predicted octanol–water partition coefficient (Wildman–Crippen LogP) is -0.306. The Kier molecular flexibility index (Phi) is 4.67. The van der Waals surface area contributed by atoms with Crippen molar-refractivity contribution in [2.45, 2.75) is 32.2 Å². The molecule has 0 radical (unpaired) electrons. The monoisotopic (exact) mass is 243 g/mol. The standard InChI is InChI=1S/C10H17N3O2S/c1-2-7(9(11)16)10(15)12-5-8(14)13-6-3-4-6/h6-7H,2-5H2,1H3,(H2,11,16)(H,12,15)(H,13,14). The van der Waals surface area contributed by atoms with E-state index in [2.05, 4.69) is 10.6 Å². The van der Waals surface area contributed by atoms with E-state index in [9.17, 15) is 9.59 Å². The van der Waals surface area contributed by atoms with Gasteiger partial charge in [-0.15, -0.1) is 0 Å². The summed E-state index contributed by atoms with van der Waals surface area (Å²) < 4.78 is 0. The second-order valence-corrected chi connectivity index (χ2v) is 4.39.